The molecule has 1 aliphatic heterocycles. The number of esters is 1. The molecule has 0 unspecified atom stereocenters. The highest BCUT2D eigenvalue weighted by atomic mass is 35.5. The predicted octanol–water partition coefficient (Wildman–Crippen LogP) is 5.92. The van der Waals surface area contributed by atoms with Gasteiger partial charge in [0.1, 0.15) is 11.8 Å². The van der Waals surface area contributed by atoms with Gasteiger partial charge in [0.15, 0.2) is 5.75 Å². The van der Waals surface area contributed by atoms with Gasteiger partial charge in [0.05, 0.1) is 21.3 Å². The van der Waals surface area contributed by atoms with E-state index in [0.29, 0.717) is 28.9 Å². The van der Waals surface area contributed by atoms with Crippen LogP contribution in [0.2, 0.25) is 10.0 Å². The van der Waals surface area contributed by atoms with Gasteiger partial charge in [-0.3, -0.25) is 10.2 Å². The number of nitrogens with one attached hydrogen (secondary N) is 1. The van der Waals surface area contributed by atoms with Gasteiger partial charge in [-0.15, -0.1) is 0 Å². The maximum atomic E-state index is 13.1. The van der Waals surface area contributed by atoms with Gasteiger partial charge in [0.2, 0.25) is 5.71 Å². The molecule has 0 saturated carbocycles. The molecule has 0 fully saturated rings. The second kappa shape index (κ2) is 12.4. The van der Waals surface area contributed by atoms with Gasteiger partial charge >= 0.3 is 18.2 Å². The maximum Gasteiger partial charge on any atom is 0.416 e. The molecule has 216 valence electrons. The zero-order chi connectivity index (χ0) is 30.6. The van der Waals surface area contributed by atoms with Crippen molar-refractivity contribution in [1.29, 1.82) is 5.26 Å². The number of nitriles is 1. The van der Waals surface area contributed by atoms with E-state index in [1.165, 1.54) is 41.3 Å². The Morgan fingerprint density at radius 2 is 1.83 bits per heavy atom. The summed E-state index contributed by atoms with van der Waals surface area (Å²) >= 11 is 12.6. The maximum absolute atomic E-state index is 13.1. The van der Waals surface area contributed by atoms with Crippen molar-refractivity contribution >= 4 is 52.6 Å². The minimum atomic E-state index is -4.48. The second-order valence-corrected chi connectivity index (χ2v) is 9.57. The summed E-state index contributed by atoms with van der Waals surface area (Å²) in [5.74, 6) is -1.31. The first-order valence-electron chi connectivity index (χ1n) is 11.9. The number of fused-ring (bicyclic) bond motifs is 1. The summed E-state index contributed by atoms with van der Waals surface area (Å²) in [7, 11) is 0. The first kappa shape index (κ1) is 30.2. The van der Waals surface area contributed by atoms with Crippen LogP contribution in [0.1, 0.15) is 27.0 Å². The number of amides is 2. The summed E-state index contributed by atoms with van der Waals surface area (Å²) in [5.41, 5.74) is 7.14. The normalized spacial score (nSPS) is 13.2. The van der Waals surface area contributed by atoms with E-state index in [1.54, 1.807) is 12.1 Å². The van der Waals surface area contributed by atoms with Crippen molar-refractivity contribution in [2.45, 2.75) is 19.1 Å². The third-order valence-electron chi connectivity index (χ3n) is 5.88. The van der Waals surface area contributed by atoms with E-state index in [1.807, 2.05) is 0 Å². The SMILES string of the molecule is N#CC(=NNc1cc(Cl)c(Oc2ccc3c(c2)CCN(Cc2cccc(C(F)(F)F)c2)C3=O)c(Cl)c1)C(=O)OC(N)=O. The molecule has 0 aromatic heterocycles. The van der Waals surface area contributed by atoms with Gasteiger partial charge in [-0.2, -0.15) is 23.5 Å². The minimum Gasteiger partial charge on any atom is -0.454 e. The number of primary amides is 1. The number of anilines is 1. The number of benzene rings is 3. The van der Waals surface area contributed by atoms with E-state index in [0.717, 1.165) is 12.1 Å². The molecule has 4 rings (SSSR count). The summed E-state index contributed by atoms with van der Waals surface area (Å²) in [6, 6.07) is 13.7. The summed E-state index contributed by atoms with van der Waals surface area (Å²) < 4.78 is 49.1. The highest BCUT2D eigenvalue weighted by Gasteiger charge is 2.31. The molecule has 2 amide bonds. The number of nitrogens with two attached hydrogens (primary N) is 1. The van der Waals surface area contributed by atoms with Crippen LogP contribution >= 0.6 is 23.2 Å². The summed E-state index contributed by atoms with van der Waals surface area (Å²) in [5, 5.41) is 12.6. The lowest BCUT2D eigenvalue weighted by Crippen LogP contribution is -2.37. The molecule has 3 N–H and O–H groups in total. The first-order valence-corrected chi connectivity index (χ1v) is 12.6. The lowest BCUT2D eigenvalue weighted by Gasteiger charge is -2.29. The van der Waals surface area contributed by atoms with Crippen LogP contribution in [0.25, 0.3) is 0 Å². The van der Waals surface area contributed by atoms with Crippen LogP contribution in [0.15, 0.2) is 59.7 Å². The summed E-state index contributed by atoms with van der Waals surface area (Å²) in [4.78, 5) is 36.9. The van der Waals surface area contributed by atoms with Crippen LogP contribution in [0.5, 0.6) is 11.5 Å². The zero-order valence-electron chi connectivity index (χ0n) is 21.2. The van der Waals surface area contributed by atoms with Gasteiger partial charge in [-0.1, -0.05) is 35.3 Å². The van der Waals surface area contributed by atoms with Gasteiger partial charge < -0.3 is 20.1 Å². The molecule has 42 heavy (non-hydrogen) atoms. The van der Waals surface area contributed by atoms with Gasteiger partial charge in [-0.05, 0) is 60.0 Å². The molecule has 0 spiro atoms. The summed E-state index contributed by atoms with van der Waals surface area (Å²) in [6.07, 6.45) is -5.46. The molecule has 3 aromatic rings. The number of halogens is 5. The van der Waals surface area contributed by atoms with Crippen LogP contribution in [-0.2, 0) is 28.7 Å². The Morgan fingerprint density at radius 3 is 2.48 bits per heavy atom. The zero-order valence-corrected chi connectivity index (χ0v) is 22.7. The molecule has 10 nitrogen and oxygen atoms in total. The average molecular weight is 620 g/mol. The van der Waals surface area contributed by atoms with Crippen molar-refractivity contribution in [3.63, 3.8) is 0 Å². The largest absolute Gasteiger partial charge is 0.454 e. The number of carbonyl (C=O) groups excluding carboxylic acids is 3. The van der Waals surface area contributed by atoms with Crippen LogP contribution in [0, 0.1) is 11.3 Å². The number of ether oxygens (including phenoxy) is 2. The van der Waals surface area contributed by atoms with Crippen molar-refractivity contribution in [3.8, 4) is 17.6 Å². The number of hydrazone groups is 1. The van der Waals surface area contributed by atoms with E-state index in [-0.39, 0.29) is 40.5 Å². The predicted molar refractivity (Wildman–Crippen MR) is 145 cm³/mol. The standard InChI is InChI=1S/C27H18Cl2F3N5O5/c28-20-10-17(35-36-22(12-33)25(39)42-26(34)40)11-21(29)23(20)41-18-4-5-19-15(9-18)6-7-37(24(19)38)13-14-2-1-3-16(8-14)27(30,31)32/h1-5,8-11,35H,6-7,13H2,(H2,34,40). The molecule has 0 aliphatic carbocycles. The quantitative estimate of drug-likeness (QED) is 0.144. The van der Waals surface area contributed by atoms with Crippen molar-refractivity contribution in [3.05, 3.63) is 86.9 Å². The Kier molecular flexibility index (Phi) is 8.89. The molecule has 0 saturated heterocycles. The summed E-state index contributed by atoms with van der Waals surface area (Å²) in [6.45, 7) is 0.309. The van der Waals surface area contributed by atoms with E-state index >= 15 is 0 Å². The monoisotopic (exact) mass is 619 g/mol. The second-order valence-electron chi connectivity index (χ2n) is 8.76. The number of alkyl halides is 3. The van der Waals surface area contributed by atoms with Gasteiger partial charge in [0.25, 0.3) is 5.91 Å². The van der Waals surface area contributed by atoms with E-state index in [2.05, 4.69) is 15.3 Å². The van der Waals surface area contributed by atoms with Crippen LogP contribution in [-0.4, -0.2) is 35.1 Å². The average Bonchev–Trinajstić information content (AvgIpc) is 2.92. The number of carbonyl (C=O) groups is 3. The number of hydrogen-bond acceptors (Lipinski definition) is 8. The van der Waals surface area contributed by atoms with Crippen LogP contribution in [0.3, 0.4) is 0 Å². The van der Waals surface area contributed by atoms with Crippen molar-refractivity contribution in [2.24, 2.45) is 10.8 Å². The van der Waals surface area contributed by atoms with Crippen LogP contribution in [0.4, 0.5) is 23.7 Å². The fraction of sp³-hybridized carbons (Fsp3) is 0.148. The van der Waals surface area contributed by atoms with E-state index in [9.17, 15) is 27.6 Å². The Morgan fingerprint density at radius 1 is 1.12 bits per heavy atom. The Balaban J connectivity index is 1.46. The Labute approximate surface area is 246 Å². The number of nitrogens with zero attached hydrogens (tertiary/aromatic N) is 3. The molecule has 1 heterocycles. The van der Waals surface area contributed by atoms with Crippen molar-refractivity contribution < 1.29 is 37.0 Å². The number of rotatable bonds is 7. The van der Waals surface area contributed by atoms with Crippen molar-refractivity contribution in [1.82, 2.24) is 4.90 Å². The molecular weight excluding hydrogens is 602 g/mol. The Hall–Kier alpha value is -4.80. The lowest BCUT2D eigenvalue weighted by molar-refractivity contribution is -0.137. The van der Waals surface area contributed by atoms with Gasteiger partial charge in [0, 0.05) is 18.7 Å². The highest BCUT2D eigenvalue weighted by Crippen LogP contribution is 2.39. The first-order chi connectivity index (χ1) is 19.8. The molecule has 0 bridgehead atoms. The molecule has 1 aliphatic rings. The van der Waals surface area contributed by atoms with Gasteiger partial charge in [-0.25, -0.2) is 9.59 Å². The third-order valence-corrected chi connectivity index (χ3v) is 6.44. The molecule has 0 atom stereocenters. The third kappa shape index (κ3) is 7.09. The highest BCUT2D eigenvalue weighted by molar-refractivity contribution is 6.44. The lowest BCUT2D eigenvalue weighted by atomic mass is 9.98. The molecule has 15 heteroatoms. The van der Waals surface area contributed by atoms with Crippen molar-refractivity contribution in [2.75, 3.05) is 12.0 Å². The van der Waals surface area contributed by atoms with E-state index < -0.39 is 29.5 Å². The molecule has 3 aromatic carbocycles. The minimum absolute atomic E-state index is 0.0261. The topological polar surface area (TPSA) is 147 Å². The Bertz CT molecular complexity index is 1630. The molecule has 0 radical (unpaired) electrons. The fourth-order valence-electron chi connectivity index (χ4n) is 4.01. The van der Waals surface area contributed by atoms with Crippen LogP contribution < -0.4 is 15.9 Å². The molecular formula is C27H18Cl2F3N5O5. The number of hydrogen-bond donors (Lipinski definition) is 2. The smallest absolute Gasteiger partial charge is 0.416 e. The fourth-order valence-corrected chi connectivity index (χ4v) is 4.57. The van der Waals surface area contributed by atoms with E-state index in [4.69, 9.17) is 38.9 Å².